The molecule has 4 amide bonds. The highest BCUT2D eigenvalue weighted by molar-refractivity contribution is 6.10. The van der Waals surface area contributed by atoms with Crippen molar-refractivity contribution < 1.29 is 23.5 Å². The second-order valence-corrected chi connectivity index (χ2v) is 5.54. The van der Waals surface area contributed by atoms with E-state index < -0.39 is 35.7 Å². The first-order chi connectivity index (χ1) is 11.0. The smallest absolute Gasteiger partial charge is 0.325 e. The normalized spacial score (nSPS) is 19.8. The van der Waals surface area contributed by atoms with E-state index in [1.165, 1.54) is 18.2 Å². The van der Waals surface area contributed by atoms with E-state index in [9.17, 15) is 18.8 Å². The Kier molecular flexibility index (Phi) is 3.99. The quantitative estimate of drug-likeness (QED) is 0.809. The van der Waals surface area contributed by atoms with Crippen molar-refractivity contribution in [2.24, 2.45) is 0 Å². The third-order valence-electron chi connectivity index (χ3n) is 4.04. The van der Waals surface area contributed by atoms with Crippen molar-refractivity contribution in [2.75, 3.05) is 25.1 Å². The first-order valence-corrected chi connectivity index (χ1v) is 7.28. The van der Waals surface area contributed by atoms with Gasteiger partial charge in [0.25, 0.3) is 5.91 Å². The summed E-state index contributed by atoms with van der Waals surface area (Å²) >= 11 is 0. The first-order valence-electron chi connectivity index (χ1n) is 7.28. The molecule has 2 heterocycles. The van der Waals surface area contributed by atoms with E-state index >= 15 is 0 Å². The van der Waals surface area contributed by atoms with Crippen LogP contribution in [0.1, 0.15) is 12.8 Å². The van der Waals surface area contributed by atoms with Crippen molar-refractivity contribution >= 4 is 23.5 Å². The molecular weight excluding hydrogens is 305 g/mol. The van der Waals surface area contributed by atoms with Crippen LogP contribution < -0.4 is 10.6 Å². The van der Waals surface area contributed by atoms with Crippen molar-refractivity contribution in [1.82, 2.24) is 10.2 Å². The molecular formula is C15H16FN3O4. The Balaban J connectivity index is 1.68. The number of carbonyl (C=O) groups is 3. The number of nitrogens with one attached hydrogen (secondary N) is 2. The second-order valence-electron chi connectivity index (χ2n) is 5.54. The number of urea groups is 1. The zero-order chi connectivity index (χ0) is 16.4. The molecule has 23 heavy (non-hydrogen) atoms. The predicted molar refractivity (Wildman–Crippen MR) is 78.1 cm³/mol. The molecule has 1 spiro atoms. The van der Waals surface area contributed by atoms with E-state index in [0.717, 1.165) is 4.90 Å². The van der Waals surface area contributed by atoms with Gasteiger partial charge in [0.1, 0.15) is 17.9 Å². The van der Waals surface area contributed by atoms with Crippen LogP contribution in [-0.4, -0.2) is 48.0 Å². The lowest BCUT2D eigenvalue weighted by Crippen LogP contribution is -2.51. The monoisotopic (exact) mass is 321 g/mol. The molecule has 0 atom stereocenters. The SMILES string of the molecule is O=C(CN1C(=O)NC2(CCOCC2)C1=O)Nc1ccccc1F. The predicted octanol–water partition coefficient (Wildman–Crippen LogP) is 0.865. The lowest BCUT2D eigenvalue weighted by Gasteiger charge is -2.30. The first kappa shape index (κ1) is 15.4. The highest BCUT2D eigenvalue weighted by Crippen LogP contribution is 2.28. The Bertz CT molecular complexity index is 658. The number of nitrogens with zero attached hydrogens (tertiary/aromatic N) is 1. The second kappa shape index (κ2) is 5.96. The molecule has 1 aromatic carbocycles. The minimum atomic E-state index is -0.979. The Labute approximate surface area is 131 Å². The number of anilines is 1. The van der Waals surface area contributed by atoms with Gasteiger partial charge in [0.15, 0.2) is 0 Å². The molecule has 7 nitrogen and oxygen atoms in total. The largest absolute Gasteiger partial charge is 0.381 e. The Morgan fingerprint density at radius 2 is 2.00 bits per heavy atom. The molecule has 2 fully saturated rings. The maximum atomic E-state index is 13.5. The highest BCUT2D eigenvalue weighted by atomic mass is 19.1. The molecule has 0 saturated carbocycles. The van der Waals surface area contributed by atoms with Gasteiger partial charge in [-0.1, -0.05) is 12.1 Å². The van der Waals surface area contributed by atoms with Crippen molar-refractivity contribution in [3.63, 3.8) is 0 Å². The van der Waals surface area contributed by atoms with E-state index in [1.807, 2.05) is 0 Å². The third-order valence-corrected chi connectivity index (χ3v) is 4.04. The topological polar surface area (TPSA) is 87.7 Å². The average molecular weight is 321 g/mol. The molecule has 0 aliphatic carbocycles. The summed E-state index contributed by atoms with van der Waals surface area (Å²) in [6, 6.07) is 5.07. The van der Waals surface area contributed by atoms with E-state index in [1.54, 1.807) is 6.07 Å². The van der Waals surface area contributed by atoms with Crippen LogP contribution >= 0.6 is 0 Å². The number of ether oxygens (including phenoxy) is 1. The molecule has 1 aromatic rings. The summed E-state index contributed by atoms with van der Waals surface area (Å²) in [5.41, 5.74) is -0.974. The number of halogens is 1. The van der Waals surface area contributed by atoms with Gasteiger partial charge in [-0.3, -0.25) is 14.5 Å². The summed E-state index contributed by atoms with van der Waals surface area (Å²) in [7, 11) is 0. The molecule has 2 aliphatic rings. The fraction of sp³-hybridized carbons (Fsp3) is 0.400. The van der Waals surface area contributed by atoms with E-state index in [-0.39, 0.29) is 5.69 Å². The van der Waals surface area contributed by atoms with E-state index in [2.05, 4.69) is 10.6 Å². The van der Waals surface area contributed by atoms with Crippen molar-refractivity contribution in [3.05, 3.63) is 30.1 Å². The number of amides is 4. The van der Waals surface area contributed by atoms with E-state index in [0.29, 0.717) is 26.1 Å². The summed E-state index contributed by atoms with van der Waals surface area (Å²) < 4.78 is 18.7. The van der Waals surface area contributed by atoms with Crippen LogP contribution in [-0.2, 0) is 14.3 Å². The molecule has 0 unspecified atom stereocenters. The zero-order valence-electron chi connectivity index (χ0n) is 12.3. The molecule has 3 rings (SSSR count). The summed E-state index contributed by atoms with van der Waals surface area (Å²) in [4.78, 5) is 37.4. The molecule has 8 heteroatoms. The van der Waals surface area contributed by atoms with Crippen LogP contribution in [0.15, 0.2) is 24.3 Å². The number of carbonyl (C=O) groups excluding carboxylic acids is 3. The van der Waals surface area contributed by atoms with Gasteiger partial charge in [-0.2, -0.15) is 0 Å². The minimum absolute atomic E-state index is 0.00494. The van der Waals surface area contributed by atoms with Gasteiger partial charge in [0.2, 0.25) is 5.91 Å². The lowest BCUT2D eigenvalue weighted by atomic mass is 9.90. The maximum absolute atomic E-state index is 13.5. The molecule has 122 valence electrons. The third kappa shape index (κ3) is 2.89. The molecule has 0 bridgehead atoms. The highest BCUT2D eigenvalue weighted by Gasteiger charge is 2.52. The molecule has 0 aromatic heterocycles. The number of para-hydroxylation sites is 1. The van der Waals surface area contributed by atoms with E-state index in [4.69, 9.17) is 4.74 Å². The fourth-order valence-corrected chi connectivity index (χ4v) is 2.77. The van der Waals surface area contributed by atoms with Gasteiger partial charge < -0.3 is 15.4 Å². The molecule has 0 radical (unpaired) electrons. The van der Waals surface area contributed by atoms with Crippen LogP contribution in [0.5, 0.6) is 0 Å². The summed E-state index contributed by atoms with van der Waals surface area (Å²) in [6.45, 7) is 0.296. The van der Waals surface area contributed by atoms with Gasteiger partial charge in [0, 0.05) is 26.1 Å². The van der Waals surface area contributed by atoms with Crippen LogP contribution in [0.4, 0.5) is 14.9 Å². The number of hydrogen-bond acceptors (Lipinski definition) is 4. The minimum Gasteiger partial charge on any atom is -0.381 e. The zero-order valence-corrected chi connectivity index (χ0v) is 12.3. The Morgan fingerprint density at radius 3 is 2.70 bits per heavy atom. The van der Waals surface area contributed by atoms with Crippen LogP contribution in [0.25, 0.3) is 0 Å². The van der Waals surface area contributed by atoms with Gasteiger partial charge in [-0.25, -0.2) is 9.18 Å². The van der Waals surface area contributed by atoms with Crippen molar-refractivity contribution in [3.8, 4) is 0 Å². The molecule has 2 aliphatic heterocycles. The standard InChI is InChI=1S/C15H16FN3O4/c16-10-3-1-2-4-11(10)17-12(20)9-19-13(21)15(18-14(19)22)5-7-23-8-6-15/h1-4H,5-9H2,(H,17,20)(H,18,22). The summed E-state index contributed by atoms with van der Waals surface area (Å²) in [5.74, 6) is -1.66. The lowest BCUT2D eigenvalue weighted by molar-refractivity contribution is -0.136. The summed E-state index contributed by atoms with van der Waals surface area (Å²) in [6.07, 6.45) is 0.756. The Morgan fingerprint density at radius 1 is 1.30 bits per heavy atom. The number of hydrogen-bond donors (Lipinski definition) is 2. The number of imide groups is 1. The van der Waals surface area contributed by atoms with Crippen molar-refractivity contribution in [2.45, 2.75) is 18.4 Å². The van der Waals surface area contributed by atoms with Crippen molar-refractivity contribution in [1.29, 1.82) is 0 Å². The summed E-state index contributed by atoms with van der Waals surface area (Å²) in [5, 5.41) is 5.01. The number of rotatable bonds is 3. The molecule has 2 saturated heterocycles. The molecule has 2 N–H and O–H groups in total. The van der Waals surface area contributed by atoms with Gasteiger partial charge in [-0.05, 0) is 12.1 Å². The fourth-order valence-electron chi connectivity index (χ4n) is 2.77. The van der Waals surface area contributed by atoms with Gasteiger partial charge in [0.05, 0.1) is 5.69 Å². The average Bonchev–Trinajstić information content (AvgIpc) is 2.75. The Hall–Kier alpha value is -2.48. The van der Waals surface area contributed by atoms with Crippen LogP contribution in [0.3, 0.4) is 0 Å². The van der Waals surface area contributed by atoms with Gasteiger partial charge in [-0.15, -0.1) is 0 Å². The maximum Gasteiger partial charge on any atom is 0.325 e. The number of benzene rings is 1. The van der Waals surface area contributed by atoms with Crippen LogP contribution in [0, 0.1) is 5.82 Å². The van der Waals surface area contributed by atoms with Gasteiger partial charge >= 0.3 is 6.03 Å². The van der Waals surface area contributed by atoms with Crippen LogP contribution in [0.2, 0.25) is 0 Å².